The second kappa shape index (κ2) is 17.8. The van der Waals surface area contributed by atoms with E-state index in [0.717, 1.165) is 25.0 Å². The molecular formula is C30H48O5. The predicted octanol–water partition coefficient (Wildman–Crippen LogP) is 8.94. The van der Waals surface area contributed by atoms with Crippen LogP contribution in [-0.2, 0) is 15.9 Å². The first-order chi connectivity index (χ1) is 16.6. The first-order valence-electron chi connectivity index (χ1n) is 13.0. The zero-order valence-electron chi connectivity index (χ0n) is 23.6. The van der Waals surface area contributed by atoms with E-state index >= 15 is 0 Å². The van der Waals surface area contributed by atoms with Crippen LogP contribution in [0, 0.1) is 0 Å². The Bertz CT molecular complexity index is 791. The van der Waals surface area contributed by atoms with Crippen molar-refractivity contribution in [2.45, 2.75) is 106 Å². The minimum atomic E-state index is -0.666. The standard InChI is InChI=1S/C14H20O3.C14H22O2.C2H6/c1-5-6-11-7-9-12(10-8-11)16-13(15)17-14(2,3)4;1-5-11(3)13-7-9-14(10-8-13)16-12(4)15-6-2;1-2/h7-10H,5-6H2,1-4H3;7-12H,5-6H2,1-4H3;1-2H3. The second-order valence-corrected chi connectivity index (χ2v) is 8.98. The van der Waals surface area contributed by atoms with Crippen molar-refractivity contribution in [1.29, 1.82) is 0 Å². The lowest BCUT2D eigenvalue weighted by Crippen LogP contribution is -2.25. The zero-order valence-corrected chi connectivity index (χ0v) is 23.6. The van der Waals surface area contributed by atoms with Gasteiger partial charge in [-0.15, -0.1) is 0 Å². The molecule has 2 rings (SSSR count). The van der Waals surface area contributed by atoms with E-state index < -0.39 is 11.8 Å². The number of carbonyl (C=O) groups excluding carboxylic acids is 1. The highest BCUT2D eigenvalue weighted by atomic mass is 16.7. The molecule has 0 saturated carbocycles. The summed E-state index contributed by atoms with van der Waals surface area (Å²) in [5.41, 5.74) is 2.07. The van der Waals surface area contributed by atoms with Crippen LogP contribution in [0.4, 0.5) is 4.79 Å². The lowest BCUT2D eigenvalue weighted by atomic mass is 9.99. The van der Waals surface area contributed by atoms with Crippen LogP contribution in [0.5, 0.6) is 11.5 Å². The van der Waals surface area contributed by atoms with Crippen LogP contribution in [0.15, 0.2) is 48.5 Å². The van der Waals surface area contributed by atoms with Gasteiger partial charge < -0.3 is 18.9 Å². The summed E-state index contributed by atoms with van der Waals surface area (Å²) in [5, 5.41) is 0. The van der Waals surface area contributed by atoms with Crippen molar-refractivity contribution < 1.29 is 23.7 Å². The normalized spacial score (nSPS) is 12.2. The van der Waals surface area contributed by atoms with Crippen LogP contribution >= 0.6 is 0 Å². The minimum Gasteiger partial charge on any atom is -0.465 e. The Kier molecular flexibility index (Phi) is 16.5. The van der Waals surface area contributed by atoms with E-state index in [1.165, 1.54) is 11.1 Å². The quantitative estimate of drug-likeness (QED) is 0.200. The van der Waals surface area contributed by atoms with E-state index in [-0.39, 0.29) is 6.29 Å². The summed E-state index contributed by atoms with van der Waals surface area (Å²) in [6.07, 6.45) is 2.45. The molecule has 0 saturated heterocycles. The first kappa shape index (κ1) is 32.5. The van der Waals surface area contributed by atoms with Gasteiger partial charge in [-0.2, -0.15) is 0 Å². The molecule has 0 amide bonds. The molecule has 198 valence electrons. The van der Waals surface area contributed by atoms with Gasteiger partial charge in [0.25, 0.3) is 0 Å². The molecule has 0 aromatic heterocycles. The Morgan fingerprint density at radius 2 is 1.40 bits per heavy atom. The fraction of sp³-hybridized carbons (Fsp3) is 0.567. The summed E-state index contributed by atoms with van der Waals surface area (Å²) in [4.78, 5) is 11.4. The largest absolute Gasteiger partial charge is 0.514 e. The number of hydrogen-bond acceptors (Lipinski definition) is 5. The summed E-state index contributed by atoms with van der Waals surface area (Å²) in [6.45, 7) is 20.5. The van der Waals surface area contributed by atoms with Gasteiger partial charge in [0.2, 0.25) is 0 Å². The van der Waals surface area contributed by atoms with E-state index in [1.54, 1.807) is 32.9 Å². The average molecular weight is 489 g/mol. The summed E-state index contributed by atoms with van der Waals surface area (Å²) in [5.74, 6) is 1.99. The van der Waals surface area contributed by atoms with Gasteiger partial charge in [0.05, 0.1) is 0 Å². The van der Waals surface area contributed by atoms with E-state index in [2.05, 4.69) is 32.9 Å². The Morgan fingerprint density at radius 1 is 0.857 bits per heavy atom. The molecule has 0 bridgehead atoms. The molecule has 2 unspecified atom stereocenters. The predicted molar refractivity (Wildman–Crippen MR) is 146 cm³/mol. The molecule has 0 N–H and O–H groups in total. The SMILES string of the molecule is CC.CCCc1ccc(OC(=O)OC(C)(C)C)cc1.CCOC(C)Oc1ccc(C(C)CC)cc1. The third-order valence-corrected chi connectivity index (χ3v) is 4.82. The third-order valence-electron chi connectivity index (χ3n) is 4.82. The Labute approximate surface area is 214 Å². The highest BCUT2D eigenvalue weighted by molar-refractivity contribution is 5.64. The van der Waals surface area contributed by atoms with Crippen LogP contribution in [0.2, 0.25) is 0 Å². The highest BCUT2D eigenvalue weighted by Gasteiger charge is 2.17. The lowest BCUT2D eigenvalue weighted by Gasteiger charge is -2.18. The molecule has 5 heteroatoms. The fourth-order valence-corrected chi connectivity index (χ4v) is 2.95. The van der Waals surface area contributed by atoms with Crippen LogP contribution in [-0.4, -0.2) is 24.7 Å². The highest BCUT2D eigenvalue weighted by Crippen LogP contribution is 2.22. The van der Waals surface area contributed by atoms with Crippen LogP contribution in [0.1, 0.15) is 99.1 Å². The Hall–Kier alpha value is -2.53. The minimum absolute atomic E-state index is 0.181. The molecule has 2 atom stereocenters. The van der Waals surface area contributed by atoms with Crippen molar-refractivity contribution in [3.63, 3.8) is 0 Å². The summed E-state index contributed by atoms with van der Waals surface area (Å²) in [6, 6.07) is 15.8. The van der Waals surface area contributed by atoms with Gasteiger partial charge in [-0.25, -0.2) is 4.79 Å². The number of carbonyl (C=O) groups is 1. The zero-order chi connectivity index (χ0) is 26.9. The van der Waals surface area contributed by atoms with Crippen molar-refractivity contribution in [1.82, 2.24) is 0 Å². The van der Waals surface area contributed by atoms with E-state index in [9.17, 15) is 4.79 Å². The van der Waals surface area contributed by atoms with Gasteiger partial charge in [-0.1, -0.05) is 65.3 Å². The van der Waals surface area contributed by atoms with Crippen molar-refractivity contribution >= 4 is 6.16 Å². The van der Waals surface area contributed by atoms with Crippen LogP contribution < -0.4 is 9.47 Å². The Balaban J connectivity index is 0.000000618. The number of hydrogen-bond donors (Lipinski definition) is 0. The molecule has 0 spiro atoms. The van der Waals surface area contributed by atoms with E-state index in [1.807, 2.05) is 52.0 Å². The van der Waals surface area contributed by atoms with Crippen molar-refractivity contribution in [2.75, 3.05) is 6.61 Å². The third kappa shape index (κ3) is 15.2. The maximum atomic E-state index is 11.4. The fourth-order valence-electron chi connectivity index (χ4n) is 2.95. The number of ether oxygens (including phenoxy) is 4. The van der Waals surface area contributed by atoms with Gasteiger partial charge in [0.15, 0.2) is 6.29 Å². The van der Waals surface area contributed by atoms with Crippen molar-refractivity contribution in [3.8, 4) is 11.5 Å². The van der Waals surface area contributed by atoms with Gasteiger partial charge in [0, 0.05) is 6.61 Å². The molecule has 2 aromatic carbocycles. The van der Waals surface area contributed by atoms with Gasteiger partial charge >= 0.3 is 6.16 Å². The summed E-state index contributed by atoms with van der Waals surface area (Å²) >= 11 is 0. The summed E-state index contributed by atoms with van der Waals surface area (Å²) < 4.78 is 21.0. The number of aryl methyl sites for hydroxylation is 1. The number of rotatable bonds is 9. The van der Waals surface area contributed by atoms with Gasteiger partial charge in [0.1, 0.15) is 17.1 Å². The van der Waals surface area contributed by atoms with E-state index in [0.29, 0.717) is 18.3 Å². The van der Waals surface area contributed by atoms with Crippen LogP contribution in [0.3, 0.4) is 0 Å². The molecule has 35 heavy (non-hydrogen) atoms. The lowest BCUT2D eigenvalue weighted by molar-refractivity contribution is -0.0613. The molecule has 2 aromatic rings. The molecule has 0 aliphatic carbocycles. The average Bonchev–Trinajstić information content (AvgIpc) is 2.81. The maximum Gasteiger partial charge on any atom is 0.514 e. The summed E-state index contributed by atoms with van der Waals surface area (Å²) in [7, 11) is 0. The van der Waals surface area contributed by atoms with Gasteiger partial charge in [-0.3, -0.25) is 0 Å². The van der Waals surface area contributed by atoms with Crippen molar-refractivity contribution in [2.24, 2.45) is 0 Å². The molecule has 0 aliphatic rings. The topological polar surface area (TPSA) is 54.0 Å². The molecule has 0 aliphatic heterocycles. The van der Waals surface area contributed by atoms with Gasteiger partial charge in [-0.05, 0) is 88.8 Å². The monoisotopic (exact) mass is 488 g/mol. The van der Waals surface area contributed by atoms with Crippen molar-refractivity contribution in [3.05, 3.63) is 59.7 Å². The molecule has 0 fully saturated rings. The maximum absolute atomic E-state index is 11.4. The van der Waals surface area contributed by atoms with E-state index in [4.69, 9.17) is 18.9 Å². The van der Waals surface area contributed by atoms with Crippen LogP contribution in [0.25, 0.3) is 0 Å². The number of benzene rings is 2. The Morgan fingerprint density at radius 3 is 1.86 bits per heavy atom. The second-order valence-electron chi connectivity index (χ2n) is 8.98. The molecule has 5 nitrogen and oxygen atoms in total. The molecule has 0 heterocycles. The smallest absolute Gasteiger partial charge is 0.465 e. The molecule has 0 radical (unpaired) electrons. The first-order valence-corrected chi connectivity index (χ1v) is 13.0. The molecular weight excluding hydrogens is 440 g/mol.